The highest BCUT2D eigenvalue weighted by Crippen LogP contribution is 2.27. The van der Waals surface area contributed by atoms with Crippen molar-refractivity contribution in [2.45, 2.75) is 17.9 Å². The van der Waals surface area contributed by atoms with Gasteiger partial charge in [-0.3, -0.25) is 4.79 Å². The monoisotopic (exact) mass is 423 g/mol. The smallest absolute Gasteiger partial charge is 0.338 e. The molecular weight excluding hydrogens is 406 g/mol. The normalized spacial score (nSPS) is 10.8. The number of amides is 1. The van der Waals surface area contributed by atoms with Crippen molar-refractivity contribution in [1.82, 2.24) is 10.1 Å². The number of anilines is 1. The molecule has 0 unspecified atom stereocenters. The van der Waals surface area contributed by atoms with E-state index in [0.29, 0.717) is 27.9 Å². The molecule has 0 fully saturated rings. The van der Waals surface area contributed by atoms with Crippen LogP contribution in [0.2, 0.25) is 0 Å². The minimum atomic E-state index is -0.588. The van der Waals surface area contributed by atoms with Crippen molar-refractivity contribution in [1.29, 1.82) is 0 Å². The molecule has 8 nitrogen and oxygen atoms in total. The van der Waals surface area contributed by atoms with Gasteiger partial charge in [-0.05, 0) is 30.7 Å². The second-order valence-electron chi connectivity index (χ2n) is 6.34. The summed E-state index contributed by atoms with van der Waals surface area (Å²) in [5.74, 6) is 0.198. The van der Waals surface area contributed by atoms with E-state index in [4.69, 9.17) is 13.7 Å². The molecule has 0 radical (unpaired) electrons. The lowest BCUT2D eigenvalue weighted by Crippen LogP contribution is -2.21. The van der Waals surface area contributed by atoms with E-state index in [2.05, 4.69) is 15.5 Å². The number of thioether (sulfide) groups is 1. The lowest BCUT2D eigenvalue weighted by atomic mass is 10.1. The predicted octanol–water partition coefficient (Wildman–Crippen LogP) is 4.21. The number of hydrogen-bond acceptors (Lipinski definition) is 8. The number of rotatable bonds is 7. The number of nitrogens with zero attached hydrogens (tertiary/aromatic N) is 2. The highest BCUT2D eigenvalue weighted by Gasteiger charge is 2.16. The van der Waals surface area contributed by atoms with Crippen LogP contribution in [0.5, 0.6) is 0 Å². The van der Waals surface area contributed by atoms with Crippen molar-refractivity contribution in [2.24, 2.45) is 0 Å². The number of nitrogens with one attached hydrogen (secondary N) is 1. The largest absolute Gasteiger partial charge is 0.452 e. The highest BCUT2D eigenvalue weighted by molar-refractivity contribution is 7.98. The van der Waals surface area contributed by atoms with E-state index in [1.54, 1.807) is 25.1 Å². The van der Waals surface area contributed by atoms with Crippen molar-refractivity contribution in [3.63, 3.8) is 0 Å². The molecule has 2 heterocycles. The molecule has 0 aliphatic rings. The highest BCUT2D eigenvalue weighted by atomic mass is 32.2. The number of oxazole rings is 1. The van der Waals surface area contributed by atoms with Gasteiger partial charge in [0.1, 0.15) is 11.3 Å². The first-order valence-corrected chi connectivity index (χ1v) is 10.0. The average Bonchev–Trinajstić information content (AvgIpc) is 3.36. The second kappa shape index (κ2) is 8.83. The van der Waals surface area contributed by atoms with Crippen LogP contribution in [0.25, 0.3) is 11.1 Å². The van der Waals surface area contributed by atoms with Gasteiger partial charge in [0.05, 0.1) is 5.56 Å². The van der Waals surface area contributed by atoms with Gasteiger partial charge >= 0.3 is 5.97 Å². The van der Waals surface area contributed by atoms with Crippen molar-refractivity contribution in [3.8, 4) is 0 Å². The van der Waals surface area contributed by atoms with E-state index in [-0.39, 0.29) is 5.82 Å². The number of esters is 1. The van der Waals surface area contributed by atoms with Crippen molar-refractivity contribution >= 4 is 40.6 Å². The molecule has 152 valence electrons. The molecule has 0 aliphatic carbocycles. The van der Waals surface area contributed by atoms with Gasteiger partial charge in [-0.15, -0.1) is 0 Å². The summed E-state index contributed by atoms with van der Waals surface area (Å²) in [4.78, 5) is 28.9. The molecule has 2 aromatic heterocycles. The fourth-order valence-electron chi connectivity index (χ4n) is 2.71. The summed E-state index contributed by atoms with van der Waals surface area (Å²) in [6.45, 7) is 1.27. The van der Waals surface area contributed by atoms with Crippen LogP contribution in [-0.2, 0) is 15.3 Å². The van der Waals surface area contributed by atoms with Crippen LogP contribution in [0.15, 0.2) is 68.8 Å². The molecule has 9 heteroatoms. The fraction of sp³-hybridized carbons (Fsp3) is 0.143. The van der Waals surface area contributed by atoms with Crippen LogP contribution >= 0.6 is 11.8 Å². The van der Waals surface area contributed by atoms with Crippen LogP contribution in [0, 0.1) is 6.92 Å². The fourth-order valence-corrected chi connectivity index (χ4v) is 3.55. The molecule has 30 heavy (non-hydrogen) atoms. The van der Waals surface area contributed by atoms with Crippen LogP contribution in [0.4, 0.5) is 5.82 Å². The van der Waals surface area contributed by atoms with E-state index < -0.39 is 18.5 Å². The molecule has 2 aromatic carbocycles. The molecule has 1 amide bonds. The molecule has 1 N–H and O–H groups in total. The van der Waals surface area contributed by atoms with E-state index in [1.165, 1.54) is 11.8 Å². The number of para-hydroxylation sites is 2. The van der Waals surface area contributed by atoms with Gasteiger partial charge in [0.15, 0.2) is 18.0 Å². The number of ether oxygens (including phenoxy) is 1. The maximum Gasteiger partial charge on any atom is 0.338 e. The first kappa shape index (κ1) is 19.7. The van der Waals surface area contributed by atoms with E-state index >= 15 is 0 Å². The minimum absolute atomic E-state index is 0.267. The zero-order valence-electron chi connectivity index (χ0n) is 16.0. The summed E-state index contributed by atoms with van der Waals surface area (Å²) in [7, 11) is 0. The summed E-state index contributed by atoms with van der Waals surface area (Å²) in [6.07, 6.45) is 0. The van der Waals surface area contributed by atoms with Gasteiger partial charge in [-0.2, -0.15) is 0 Å². The van der Waals surface area contributed by atoms with Gasteiger partial charge in [-0.1, -0.05) is 47.3 Å². The van der Waals surface area contributed by atoms with E-state index in [0.717, 1.165) is 11.1 Å². The van der Waals surface area contributed by atoms with E-state index in [1.807, 2.05) is 36.4 Å². The molecular formula is C21H17N3O5S. The number of aryl methyl sites for hydroxylation is 1. The zero-order chi connectivity index (χ0) is 20.9. The number of hydrogen-bond donors (Lipinski definition) is 1. The maximum absolute atomic E-state index is 12.5. The molecule has 0 atom stereocenters. The Bertz CT molecular complexity index is 1170. The average molecular weight is 423 g/mol. The Kier molecular flexibility index (Phi) is 5.80. The number of aromatic nitrogens is 2. The summed E-state index contributed by atoms with van der Waals surface area (Å²) in [6, 6.07) is 16.1. The Balaban J connectivity index is 1.37. The third kappa shape index (κ3) is 4.69. The lowest BCUT2D eigenvalue weighted by molar-refractivity contribution is -0.119. The number of fused-ring (bicyclic) bond motifs is 1. The summed E-state index contributed by atoms with van der Waals surface area (Å²) >= 11 is 1.38. The maximum atomic E-state index is 12.5. The second-order valence-corrected chi connectivity index (χ2v) is 7.27. The van der Waals surface area contributed by atoms with Crippen LogP contribution in [-0.4, -0.2) is 28.6 Å². The first-order valence-electron chi connectivity index (χ1n) is 9.05. The van der Waals surface area contributed by atoms with E-state index in [9.17, 15) is 9.59 Å². The SMILES string of the molecule is Cc1cc(NC(=O)COC(=O)c2ccccc2CSc2nc3ccccc3o2)no1. The molecule has 0 spiro atoms. The number of benzene rings is 2. The van der Waals surface area contributed by atoms with Gasteiger partial charge in [0.2, 0.25) is 0 Å². The van der Waals surface area contributed by atoms with Gasteiger partial charge in [0, 0.05) is 11.8 Å². The molecule has 0 saturated carbocycles. The Morgan fingerprint density at radius 2 is 1.93 bits per heavy atom. The predicted molar refractivity (Wildman–Crippen MR) is 110 cm³/mol. The summed E-state index contributed by atoms with van der Waals surface area (Å²) in [5.41, 5.74) is 2.62. The Labute approximate surface area is 175 Å². The third-order valence-electron chi connectivity index (χ3n) is 4.09. The lowest BCUT2D eigenvalue weighted by Gasteiger charge is -2.08. The Morgan fingerprint density at radius 1 is 1.13 bits per heavy atom. The minimum Gasteiger partial charge on any atom is -0.452 e. The number of carbonyl (C=O) groups excluding carboxylic acids is 2. The van der Waals surface area contributed by atoms with Crippen LogP contribution in [0.3, 0.4) is 0 Å². The van der Waals surface area contributed by atoms with Gasteiger partial charge in [0.25, 0.3) is 11.1 Å². The number of carbonyl (C=O) groups is 2. The standard InChI is InChI=1S/C21H17N3O5S/c1-13-10-18(24-29-13)23-19(25)11-27-20(26)15-7-3-2-6-14(15)12-30-21-22-16-8-4-5-9-17(16)28-21/h2-10H,11-12H2,1H3,(H,23,24,25). The Hall–Kier alpha value is -3.59. The molecule has 0 aliphatic heterocycles. The molecule has 0 bridgehead atoms. The summed E-state index contributed by atoms with van der Waals surface area (Å²) < 4.78 is 15.7. The zero-order valence-corrected chi connectivity index (χ0v) is 16.8. The molecule has 4 rings (SSSR count). The van der Waals surface area contributed by atoms with Crippen LogP contribution in [0.1, 0.15) is 21.7 Å². The van der Waals surface area contributed by atoms with Crippen LogP contribution < -0.4 is 5.32 Å². The summed E-state index contributed by atoms with van der Waals surface area (Å²) in [5, 5.41) is 6.67. The quantitative estimate of drug-likeness (QED) is 0.348. The van der Waals surface area contributed by atoms with Crippen molar-refractivity contribution in [3.05, 3.63) is 71.5 Å². The molecule has 0 saturated heterocycles. The molecule has 4 aromatic rings. The topological polar surface area (TPSA) is 107 Å². The van der Waals surface area contributed by atoms with Gasteiger partial charge < -0.3 is 19.0 Å². The van der Waals surface area contributed by atoms with Crippen molar-refractivity contribution < 1.29 is 23.3 Å². The van der Waals surface area contributed by atoms with Crippen molar-refractivity contribution in [2.75, 3.05) is 11.9 Å². The Morgan fingerprint density at radius 3 is 2.73 bits per heavy atom. The van der Waals surface area contributed by atoms with Gasteiger partial charge in [-0.25, -0.2) is 9.78 Å². The third-order valence-corrected chi connectivity index (χ3v) is 4.97. The first-order chi connectivity index (χ1) is 14.6.